The Morgan fingerprint density at radius 3 is 2.78 bits per heavy atom. The van der Waals surface area contributed by atoms with Gasteiger partial charge in [0.15, 0.2) is 0 Å². The minimum absolute atomic E-state index is 0.0511. The molecule has 2 aliphatic rings. The summed E-state index contributed by atoms with van der Waals surface area (Å²) in [4.78, 5) is 0. The van der Waals surface area contributed by atoms with Crippen LogP contribution in [0.5, 0.6) is 0 Å². The summed E-state index contributed by atoms with van der Waals surface area (Å²) in [6.07, 6.45) is 1.28. The third-order valence-corrected chi connectivity index (χ3v) is 6.48. The lowest BCUT2D eigenvalue weighted by Crippen LogP contribution is -2.41. The highest BCUT2D eigenvalue weighted by molar-refractivity contribution is 7.89. The molecular weight excluding hydrogens is 254 g/mol. The Morgan fingerprint density at radius 1 is 1.50 bits per heavy atom. The van der Waals surface area contributed by atoms with Crippen molar-refractivity contribution in [3.8, 4) is 0 Å². The molecule has 0 aromatic rings. The summed E-state index contributed by atoms with van der Waals surface area (Å²) in [6.45, 7) is 6.25. The normalized spacial score (nSPS) is 38.4. The Bertz CT molecular complexity index is 397. The second kappa shape index (κ2) is 5.07. The zero-order valence-electron chi connectivity index (χ0n) is 11.4. The van der Waals surface area contributed by atoms with Crippen LogP contribution in [0.1, 0.15) is 26.7 Å². The van der Waals surface area contributed by atoms with E-state index in [0.717, 1.165) is 6.42 Å². The van der Waals surface area contributed by atoms with Crippen LogP contribution >= 0.6 is 0 Å². The topological polar surface area (TPSA) is 55.8 Å². The zero-order chi connectivity index (χ0) is 13.4. The van der Waals surface area contributed by atoms with E-state index in [1.165, 1.54) is 0 Å². The Labute approximate surface area is 109 Å². The van der Waals surface area contributed by atoms with Gasteiger partial charge < -0.3 is 9.47 Å². The van der Waals surface area contributed by atoms with E-state index in [2.05, 4.69) is 6.92 Å². The average Bonchev–Trinajstić information content (AvgIpc) is 2.86. The molecule has 2 rings (SSSR count). The van der Waals surface area contributed by atoms with Crippen molar-refractivity contribution in [3.63, 3.8) is 0 Å². The standard InChI is InChI=1S/C12H23NO4S/c1-10-11(4-7-17-10)18(14,15)13-6-5-12(2,8-13)9-16-3/h10-11H,4-9H2,1-3H3. The van der Waals surface area contributed by atoms with Crippen LogP contribution in [0.4, 0.5) is 0 Å². The number of hydrogen-bond acceptors (Lipinski definition) is 4. The Balaban J connectivity index is 2.08. The van der Waals surface area contributed by atoms with E-state index in [0.29, 0.717) is 32.7 Å². The number of sulfonamides is 1. The van der Waals surface area contributed by atoms with Crippen LogP contribution in [0.15, 0.2) is 0 Å². The third kappa shape index (κ3) is 2.57. The molecule has 6 heteroatoms. The molecule has 2 saturated heterocycles. The van der Waals surface area contributed by atoms with Crippen LogP contribution in [0, 0.1) is 5.41 Å². The van der Waals surface area contributed by atoms with E-state index in [1.807, 2.05) is 6.92 Å². The number of methoxy groups -OCH3 is 1. The summed E-state index contributed by atoms with van der Waals surface area (Å²) in [7, 11) is -1.56. The molecule has 0 aliphatic carbocycles. The molecule has 2 aliphatic heterocycles. The molecule has 5 nitrogen and oxygen atoms in total. The summed E-state index contributed by atoms with van der Waals surface area (Å²) < 4.78 is 37.3. The molecule has 2 fully saturated rings. The first kappa shape index (κ1) is 14.2. The van der Waals surface area contributed by atoms with E-state index in [9.17, 15) is 8.42 Å². The van der Waals surface area contributed by atoms with E-state index in [-0.39, 0.29) is 16.8 Å². The van der Waals surface area contributed by atoms with Gasteiger partial charge in [0.1, 0.15) is 5.25 Å². The maximum absolute atomic E-state index is 12.5. The minimum atomic E-state index is -3.22. The molecule has 3 unspecified atom stereocenters. The van der Waals surface area contributed by atoms with Gasteiger partial charge in [0.2, 0.25) is 10.0 Å². The number of ether oxygens (including phenoxy) is 2. The summed E-state index contributed by atoms with van der Waals surface area (Å²) in [5, 5.41) is -0.373. The predicted octanol–water partition coefficient (Wildman–Crippen LogP) is 0.852. The van der Waals surface area contributed by atoms with E-state index < -0.39 is 10.0 Å². The van der Waals surface area contributed by atoms with Gasteiger partial charge in [-0.05, 0) is 19.8 Å². The molecule has 0 aromatic heterocycles. The van der Waals surface area contributed by atoms with E-state index in [4.69, 9.17) is 9.47 Å². The van der Waals surface area contributed by atoms with Crippen LogP contribution < -0.4 is 0 Å². The molecule has 0 N–H and O–H groups in total. The van der Waals surface area contributed by atoms with Crippen molar-refractivity contribution >= 4 is 10.0 Å². The fourth-order valence-corrected chi connectivity index (χ4v) is 5.13. The lowest BCUT2D eigenvalue weighted by atomic mass is 9.91. The van der Waals surface area contributed by atoms with Crippen molar-refractivity contribution in [1.82, 2.24) is 4.31 Å². The summed E-state index contributed by atoms with van der Waals surface area (Å²) in [5.74, 6) is 0. The molecule has 0 amide bonds. The fourth-order valence-electron chi connectivity index (χ4n) is 2.96. The first-order valence-corrected chi connectivity index (χ1v) is 7.99. The van der Waals surface area contributed by atoms with Crippen molar-refractivity contribution in [3.05, 3.63) is 0 Å². The number of nitrogens with zero attached hydrogens (tertiary/aromatic N) is 1. The van der Waals surface area contributed by atoms with Crippen LogP contribution in [-0.4, -0.2) is 57.5 Å². The van der Waals surface area contributed by atoms with Gasteiger partial charge >= 0.3 is 0 Å². The van der Waals surface area contributed by atoms with E-state index in [1.54, 1.807) is 11.4 Å². The van der Waals surface area contributed by atoms with Crippen LogP contribution in [0.3, 0.4) is 0 Å². The molecule has 0 aromatic carbocycles. The second-order valence-corrected chi connectivity index (χ2v) is 7.93. The first-order valence-electron chi connectivity index (χ1n) is 6.48. The predicted molar refractivity (Wildman–Crippen MR) is 68.9 cm³/mol. The Morgan fingerprint density at radius 2 is 2.22 bits per heavy atom. The SMILES string of the molecule is COCC1(C)CCN(S(=O)(=O)C2CCOC2C)C1. The van der Waals surface area contributed by atoms with Gasteiger partial charge in [-0.1, -0.05) is 6.92 Å². The van der Waals surface area contributed by atoms with Gasteiger partial charge in [-0.15, -0.1) is 0 Å². The quantitative estimate of drug-likeness (QED) is 0.764. The molecule has 18 heavy (non-hydrogen) atoms. The second-order valence-electron chi connectivity index (χ2n) is 5.78. The molecular formula is C12H23NO4S. The summed E-state index contributed by atoms with van der Waals surface area (Å²) in [6, 6.07) is 0. The van der Waals surface area contributed by atoms with Crippen molar-refractivity contribution in [2.24, 2.45) is 5.41 Å². The van der Waals surface area contributed by atoms with Crippen molar-refractivity contribution < 1.29 is 17.9 Å². The van der Waals surface area contributed by atoms with Crippen LogP contribution in [-0.2, 0) is 19.5 Å². The molecule has 0 bridgehead atoms. The van der Waals surface area contributed by atoms with Crippen LogP contribution in [0.25, 0.3) is 0 Å². The van der Waals surface area contributed by atoms with E-state index >= 15 is 0 Å². The maximum atomic E-state index is 12.5. The highest BCUT2D eigenvalue weighted by atomic mass is 32.2. The van der Waals surface area contributed by atoms with Crippen molar-refractivity contribution in [2.75, 3.05) is 33.4 Å². The molecule has 0 spiro atoms. The van der Waals surface area contributed by atoms with Gasteiger partial charge in [-0.3, -0.25) is 0 Å². The first-order chi connectivity index (χ1) is 8.39. The van der Waals surface area contributed by atoms with Gasteiger partial charge in [0.05, 0.1) is 12.7 Å². The van der Waals surface area contributed by atoms with Gasteiger partial charge in [-0.2, -0.15) is 0 Å². The largest absolute Gasteiger partial charge is 0.384 e. The average molecular weight is 277 g/mol. The van der Waals surface area contributed by atoms with Crippen molar-refractivity contribution in [2.45, 2.75) is 38.0 Å². The third-order valence-electron chi connectivity index (χ3n) is 4.06. The molecule has 0 radical (unpaired) electrons. The Kier molecular flexibility index (Phi) is 4.02. The van der Waals surface area contributed by atoms with Crippen LogP contribution in [0.2, 0.25) is 0 Å². The summed E-state index contributed by atoms with van der Waals surface area (Å²) in [5.41, 5.74) is -0.0511. The monoisotopic (exact) mass is 277 g/mol. The van der Waals surface area contributed by atoms with Gasteiger partial charge in [-0.25, -0.2) is 12.7 Å². The minimum Gasteiger partial charge on any atom is -0.384 e. The number of rotatable bonds is 4. The highest BCUT2D eigenvalue weighted by Crippen LogP contribution is 2.34. The molecule has 3 atom stereocenters. The smallest absolute Gasteiger partial charge is 0.219 e. The van der Waals surface area contributed by atoms with Gasteiger partial charge in [0.25, 0.3) is 0 Å². The fraction of sp³-hybridized carbons (Fsp3) is 1.00. The zero-order valence-corrected chi connectivity index (χ0v) is 12.2. The highest BCUT2D eigenvalue weighted by Gasteiger charge is 2.45. The molecule has 106 valence electrons. The number of hydrogen-bond donors (Lipinski definition) is 0. The van der Waals surface area contributed by atoms with Gasteiger partial charge in [0, 0.05) is 32.2 Å². The Hall–Kier alpha value is -0.170. The molecule has 0 saturated carbocycles. The summed E-state index contributed by atoms with van der Waals surface area (Å²) >= 11 is 0. The maximum Gasteiger partial charge on any atom is 0.219 e. The lowest BCUT2D eigenvalue weighted by Gasteiger charge is -2.26. The molecule has 2 heterocycles. The van der Waals surface area contributed by atoms with Crippen molar-refractivity contribution in [1.29, 1.82) is 0 Å². The lowest BCUT2D eigenvalue weighted by molar-refractivity contribution is 0.101.